The van der Waals surface area contributed by atoms with E-state index in [1.165, 1.54) is 36.4 Å². The standard InChI is InChI=1S/C12H16BrFN2O3S.C8H8BrClFNO2S.C6H5BrFN.C4H9NO.C2H4Cl2O2S/c13-10-7-11(14)9-12(8-10)15-20(17,18)6-3-16-1-4-19-5-2-16;9-6-3-7(11)5-8(4-6)12-15(13,14)2-1-10;7-4-1-5(8)3-6(9)2-4;1-3-6-4-2-5-1;3-1-2-7(4,5)6/h7-9,15H,1-6H2;3-5,12H,1-2H2;1-3H,9H2;5H,1-4H2;1-2H2. The van der Waals surface area contributed by atoms with Gasteiger partial charge in [0, 0.05) is 74.3 Å². The number of hydrogen-bond donors (Lipinski definition) is 4. The summed E-state index contributed by atoms with van der Waals surface area (Å²) >= 11 is 19.6. The summed E-state index contributed by atoms with van der Waals surface area (Å²) in [6, 6.07) is 12.0. The first-order chi connectivity index (χ1) is 26.6. The van der Waals surface area contributed by atoms with Gasteiger partial charge < -0.3 is 20.5 Å². The molecule has 25 heteroatoms. The van der Waals surface area contributed by atoms with E-state index in [1.807, 2.05) is 4.90 Å². The van der Waals surface area contributed by atoms with Crippen molar-refractivity contribution in [1.82, 2.24) is 10.2 Å². The molecular formula is C32H42Br3Cl3F3N5O8S3. The third-order valence-corrected chi connectivity index (χ3v) is 12.4. The molecule has 57 heavy (non-hydrogen) atoms. The molecule has 2 aliphatic heterocycles. The van der Waals surface area contributed by atoms with Crippen molar-refractivity contribution in [2.75, 3.05) is 103 Å². The van der Waals surface area contributed by atoms with Crippen molar-refractivity contribution >= 4 is 128 Å². The molecule has 0 spiro atoms. The van der Waals surface area contributed by atoms with Crippen molar-refractivity contribution in [3.05, 3.63) is 85.5 Å². The van der Waals surface area contributed by atoms with Crippen molar-refractivity contribution in [3.8, 4) is 0 Å². The summed E-state index contributed by atoms with van der Waals surface area (Å²) in [6.07, 6.45) is 0. The van der Waals surface area contributed by atoms with Crippen LogP contribution in [0.25, 0.3) is 0 Å². The largest absolute Gasteiger partial charge is 0.399 e. The van der Waals surface area contributed by atoms with Crippen LogP contribution in [0.15, 0.2) is 68.0 Å². The highest BCUT2D eigenvalue weighted by Gasteiger charge is 2.16. The van der Waals surface area contributed by atoms with Gasteiger partial charge in [-0.25, -0.2) is 38.4 Å². The number of alkyl halides is 2. The maximum atomic E-state index is 13.2. The summed E-state index contributed by atoms with van der Waals surface area (Å²) in [5.74, 6) is -1.67. The molecule has 0 saturated carbocycles. The summed E-state index contributed by atoms with van der Waals surface area (Å²) < 4.78 is 121. The Labute approximate surface area is 371 Å². The van der Waals surface area contributed by atoms with Crippen molar-refractivity contribution in [1.29, 1.82) is 0 Å². The van der Waals surface area contributed by atoms with Crippen LogP contribution in [0.1, 0.15) is 0 Å². The number of hydrogen-bond acceptors (Lipinski definition) is 11. The monoisotopic (exact) mass is 1120 g/mol. The normalized spacial score (nSPS) is 14.5. The molecule has 2 saturated heterocycles. The highest BCUT2D eigenvalue weighted by molar-refractivity contribution is 9.11. The van der Waals surface area contributed by atoms with Crippen LogP contribution >= 0.6 is 81.7 Å². The highest BCUT2D eigenvalue weighted by atomic mass is 79.9. The predicted molar refractivity (Wildman–Crippen MR) is 234 cm³/mol. The smallest absolute Gasteiger partial charge is 0.233 e. The third kappa shape index (κ3) is 28.9. The molecule has 3 aromatic rings. The van der Waals surface area contributed by atoms with Gasteiger partial charge in [-0.3, -0.25) is 14.3 Å². The number of anilines is 3. The number of sulfonamides is 2. The van der Waals surface area contributed by atoms with Crippen LogP contribution in [0.5, 0.6) is 0 Å². The van der Waals surface area contributed by atoms with Gasteiger partial charge in [-0.05, 0) is 54.6 Å². The van der Waals surface area contributed by atoms with Gasteiger partial charge in [-0.1, -0.05) is 47.8 Å². The molecule has 2 fully saturated rings. The van der Waals surface area contributed by atoms with Crippen LogP contribution in [-0.2, 0) is 38.6 Å². The first-order valence-corrected chi connectivity index (χ1v) is 25.6. The summed E-state index contributed by atoms with van der Waals surface area (Å²) in [6.45, 7) is 7.01. The lowest BCUT2D eigenvalue weighted by Crippen LogP contribution is -2.39. The fraction of sp³-hybridized carbons (Fsp3) is 0.438. The number of benzene rings is 3. The number of ether oxygens (including phenoxy) is 2. The average Bonchev–Trinajstić information content (AvgIpc) is 3.07. The Morgan fingerprint density at radius 1 is 0.649 bits per heavy atom. The number of nitrogens with one attached hydrogen (secondary N) is 3. The van der Waals surface area contributed by atoms with E-state index in [0.29, 0.717) is 38.9 Å². The zero-order chi connectivity index (χ0) is 43.1. The van der Waals surface area contributed by atoms with E-state index in [0.717, 1.165) is 51.5 Å². The van der Waals surface area contributed by atoms with E-state index in [-0.39, 0.29) is 46.2 Å². The quantitative estimate of drug-likeness (QED) is 0.0900. The molecule has 324 valence electrons. The molecule has 3 aromatic carbocycles. The van der Waals surface area contributed by atoms with Crippen molar-refractivity contribution in [3.63, 3.8) is 0 Å². The van der Waals surface area contributed by atoms with Crippen molar-refractivity contribution in [2.24, 2.45) is 0 Å². The minimum atomic E-state index is -3.49. The lowest BCUT2D eigenvalue weighted by Gasteiger charge is -2.26. The molecule has 0 unspecified atom stereocenters. The molecule has 0 atom stereocenters. The summed E-state index contributed by atoms with van der Waals surface area (Å²) in [5, 5.41) is 3.16. The number of nitrogen functional groups attached to an aromatic ring is 1. The van der Waals surface area contributed by atoms with E-state index >= 15 is 0 Å². The number of halogens is 9. The van der Waals surface area contributed by atoms with E-state index in [4.69, 9.17) is 49.1 Å². The molecule has 0 amide bonds. The Hall–Kier alpha value is -1.15. The van der Waals surface area contributed by atoms with Crippen molar-refractivity contribution < 1.29 is 47.9 Å². The lowest BCUT2D eigenvalue weighted by atomic mass is 10.3. The second-order valence-corrected chi connectivity index (χ2v) is 21.4. The summed E-state index contributed by atoms with van der Waals surface area (Å²) in [5.41, 5.74) is 6.12. The highest BCUT2D eigenvalue weighted by Crippen LogP contribution is 2.21. The molecule has 5 rings (SSSR count). The van der Waals surface area contributed by atoms with E-state index in [9.17, 15) is 38.4 Å². The van der Waals surface area contributed by atoms with Gasteiger partial charge in [-0.2, -0.15) is 0 Å². The van der Waals surface area contributed by atoms with Gasteiger partial charge in [0.2, 0.25) is 29.1 Å². The first-order valence-electron chi connectivity index (χ1n) is 16.4. The fourth-order valence-corrected chi connectivity index (χ4v) is 9.19. The van der Waals surface area contributed by atoms with Crippen LogP contribution in [0.4, 0.5) is 30.2 Å². The van der Waals surface area contributed by atoms with Crippen LogP contribution in [0.2, 0.25) is 0 Å². The van der Waals surface area contributed by atoms with Crippen molar-refractivity contribution in [2.45, 2.75) is 0 Å². The molecular weight excluding hydrogens is 1080 g/mol. The zero-order valence-electron chi connectivity index (χ0n) is 30.0. The van der Waals surface area contributed by atoms with Gasteiger partial charge in [0.1, 0.15) is 17.5 Å². The van der Waals surface area contributed by atoms with Crippen LogP contribution in [-0.4, -0.2) is 118 Å². The van der Waals surface area contributed by atoms with E-state index in [2.05, 4.69) is 62.6 Å². The maximum absolute atomic E-state index is 13.2. The molecule has 0 aromatic heterocycles. The number of morpholine rings is 2. The van der Waals surface area contributed by atoms with E-state index in [1.54, 1.807) is 6.07 Å². The second-order valence-electron chi connectivity index (χ2n) is 11.3. The molecule has 2 aliphatic rings. The molecule has 0 bridgehead atoms. The Morgan fingerprint density at radius 2 is 1.07 bits per heavy atom. The number of rotatable bonds is 11. The Balaban J connectivity index is 0.000000385. The molecule has 2 heterocycles. The Kier molecular flexibility index (Phi) is 26.8. The van der Waals surface area contributed by atoms with Gasteiger partial charge in [0.15, 0.2) is 0 Å². The zero-order valence-corrected chi connectivity index (χ0v) is 39.5. The second kappa shape index (κ2) is 28.4. The molecule has 5 N–H and O–H groups in total. The van der Waals surface area contributed by atoms with Gasteiger partial charge >= 0.3 is 0 Å². The van der Waals surface area contributed by atoms with E-state index < -0.39 is 40.7 Å². The average molecular weight is 1120 g/mol. The lowest BCUT2D eigenvalue weighted by molar-refractivity contribution is 0.0408. The minimum absolute atomic E-state index is 0.00812. The van der Waals surface area contributed by atoms with Gasteiger partial charge in [0.05, 0.1) is 55.1 Å². The van der Waals surface area contributed by atoms with Crippen LogP contribution in [0.3, 0.4) is 0 Å². The summed E-state index contributed by atoms with van der Waals surface area (Å²) in [7, 11) is -5.59. The number of nitrogens with zero attached hydrogens (tertiary/aromatic N) is 1. The predicted octanol–water partition coefficient (Wildman–Crippen LogP) is 6.80. The fourth-order valence-electron chi connectivity index (χ4n) is 4.05. The Bertz CT molecular complexity index is 1890. The minimum Gasteiger partial charge on any atom is -0.399 e. The Morgan fingerprint density at radius 3 is 1.40 bits per heavy atom. The third-order valence-electron chi connectivity index (χ3n) is 6.45. The van der Waals surface area contributed by atoms with Crippen LogP contribution < -0.4 is 20.5 Å². The topological polar surface area (TPSA) is 186 Å². The van der Waals surface area contributed by atoms with Gasteiger partial charge in [0.25, 0.3) is 0 Å². The maximum Gasteiger partial charge on any atom is 0.233 e. The molecule has 13 nitrogen and oxygen atoms in total. The SMILES string of the molecule is C1COCCN1.Nc1cc(F)cc(Br)c1.O=S(=O)(CCCl)Nc1cc(F)cc(Br)c1.O=S(=O)(CCN1CCOCC1)Nc1cc(F)cc(Br)c1.O=S(=O)(Cl)CCCl. The number of nitrogens with two attached hydrogens (primary N) is 1. The molecule has 0 aliphatic carbocycles. The summed E-state index contributed by atoms with van der Waals surface area (Å²) in [4.78, 5) is 2.03. The molecule has 0 radical (unpaired) electrons. The first kappa shape index (κ1) is 53.9. The van der Waals surface area contributed by atoms with Gasteiger partial charge in [-0.15, -0.1) is 23.2 Å². The van der Waals surface area contributed by atoms with Crippen LogP contribution in [0, 0.1) is 17.5 Å².